The van der Waals surface area contributed by atoms with Crippen LogP contribution in [-0.4, -0.2) is 70.6 Å². The van der Waals surface area contributed by atoms with Gasteiger partial charge in [0.15, 0.2) is 5.82 Å². The Morgan fingerprint density at radius 1 is 0.865 bits per heavy atom. The molecule has 0 amide bonds. The van der Waals surface area contributed by atoms with Gasteiger partial charge in [0.2, 0.25) is 5.95 Å². The van der Waals surface area contributed by atoms with E-state index in [4.69, 9.17) is 0 Å². The number of fused-ring (bicyclic) bond motifs is 1. The number of aliphatic hydroxyl groups is 1. The van der Waals surface area contributed by atoms with Gasteiger partial charge in [-0.3, -0.25) is 9.67 Å². The summed E-state index contributed by atoms with van der Waals surface area (Å²) >= 11 is 2.19. The molecule has 0 saturated carbocycles. The number of aromatic nitrogens is 8. The molecule has 1 aliphatic rings. The maximum absolute atomic E-state index is 11.1. The average molecular weight is 608 g/mol. The Balaban J connectivity index is 1.17. The van der Waals surface area contributed by atoms with Gasteiger partial charge in [-0.2, -0.15) is 10.2 Å². The Labute approximate surface area is 227 Å². The number of rotatable bonds is 5. The van der Waals surface area contributed by atoms with Crippen LogP contribution in [0.3, 0.4) is 0 Å². The minimum Gasteiger partial charge on any atom is -0.379 e. The Kier molecular flexibility index (Phi) is 5.99. The minimum absolute atomic E-state index is 0.561. The van der Waals surface area contributed by atoms with Gasteiger partial charge in [0.05, 0.1) is 11.9 Å². The molecule has 0 unspecified atom stereocenters. The zero-order chi connectivity index (χ0) is 25.6. The fourth-order valence-corrected chi connectivity index (χ4v) is 4.87. The molecule has 188 valence electrons. The molecule has 5 aromatic heterocycles. The van der Waals surface area contributed by atoms with E-state index in [9.17, 15) is 5.11 Å². The van der Waals surface area contributed by atoms with Crippen molar-refractivity contribution in [2.24, 2.45) is 7.05 Å². The van der Waals surface area contributed by atoms with Crippen LogP contribution in [0.2, 0.25) is 0 Å². The zero-order valence-corrected chi connectivity index (χ0v) is 22.6. The monoisotopic (exact) mass is 608 g/mol. The van der Waals surface area contributed by atoms with Crippen LogP contribution in [-0.2, 0) is 12.6 Å². The summed E-state index contributed by atoms with van der Waals surface area (Å²) in [5, 5.41) is 19.8. The van der Waals surface area contributed by atoms with Crippen molar-refractivity contribution in [2.45, 2.75) is 12.5 Å². The van der Waals surface area contributed by atoms with Gasteiger partial charge in [-0.15, -0.1) is 0 Å². The highest BCUT2D eigenvalue weighted by Crippen LogP contribution is 2.29. The van der Waals surface area contributed by atoms with E-state index in [0.29, 0.717) is 17.2 Å². The molecule has 0 bridgehead atoms. The van der Waals surface area contributed by atoms with Gasteiger partial charge in [0.1, 0.15) is 17.4 Å². The number of pyridine rings is 1. The van der Waals surface area contributed by atoms with Gasteiger partial charge in [0, 0.05) is 84.5 Å². The molecule has 6 rings (SSSR count). The average Bonchev–Trinajstić information content (AvgIpc) is 3.55. The summed E-state index contributed by atoms with van der Waals surface area (Å²) in [7, 11) is 1.91. The first-order chi connectivity index (χ1) is 17.9. The number of aryl methyl sites for hydroxylation is 1. The highest BCUT2D eigenvalue weighted by atomic mass is 127. The van der Waals surface area contributed by atoms with Gasteiger partial charge >= 0.3 is 0 Å². The van der Waals surface area contributed by atoms with Crippen molar-refractivity contribution in [3.63, 3.8) is 0 Å². The predicted octanol–water partition coefficient (Wildman–Crippen LogP) is 2.50. The molecular weight excluding hydrogens is 583 g/mol. The summed E-state index contributed by atoms with van der Waals surface area (Å²) < 4.78 is 4.67. The predicted molar refractivity (Wildman–Crippen MR) is 147 cm³/mol. The number of halogens is 1. The molecule has 6 heterocycles. The minimum atomic E-state index is -1.27. The fourth-order valence-electron chi connectivity index (χ4n) is 4.55. The Morgan fingerprint density at radius 3 is 2.30 bits per heavy atom. The van der Waals surface area contributed by atoms with Crippen molar-refractivity contribution >= 4 is 39.9 Å². The second-order valence-corrected chi connectivity index (χ2v) is 10.5. The molecule has 37 heavy (non-hydrogen) atoms. The van der Waals surface area contributed by atoms with Gasteiger partial charge < -0.3 is 14.9 Å². The maximum Gasteiger partial charge on any atom is 0.225 e. The lowest BCUT2D eigenvalue weighted by atomic mass is 9.94. The van der Waals surface area contributed by atoms with E-state index >= 15 is 0 Å². The topological polar surface area (TPSA) is 113 Å². The van der Waals surface area contributed by atoms with Gasteiger partial charge in [0.25, 0.3) is 0 Å². The number of piperazine rings is 1. The number of anilines is 2. The van der Waals surface area contributed by atoms with Gasteiger partial charge in [-0.25, -0.2) is 19.5 Å². The zero-order valence-electron chi connectivity index (χ0n) is 20.4. The van der Waals surface area contributed by atoms with Crippen LogP contribution >= 0.6 is 22.6 Å². The van der Waals surface area contributed by atoms with Crippen LogP contribution in [0.25, 0.3) is 16.6 Å². The first kappa shape index (κ1) is 23.7. The lowest BCUT2D eigenvalue weighted by Gasteiger charge is -2.35. The van der Waals surface area contributed by atoms with Crippen LogP contribution in [0.15, 0.2) is 61.7 Å². The summed E-state index contributed by atoms with van der Waals surface area (Å²) in [5.41, 5.74) is 2.95. The molecule has 11 nitrogen and oxygen atoms in total. The molecule has 0 aliphatic carbocycles. The number of hydrogen-bond donors (Lipinski definition) is 1. The molecule has 0 radical (unpaired) electrons. The largest absolute Gasteiger partial charge is 0.379 e. The molecule has 1 saturated heterocycles. The summed E-state index contributed by atoms with van der Waals surface area (Å²) in [6.07, 6.45) is 12.5. The third kappa shape index (κ3) is 4.50. The third-order valence-corrected chi connectivity index (χ3v) is 7.35. The van der Waals surface area contributed by atoms with Crippen LogP contribution in [0.1, 0.15) is 18.2 Å². The molecule has 12 heteroatoms. The van der Waals surface area contributed by atoms with Crippen molar-refractivity contribution < 1.29 is 5.11 Å². The second-order valence-electron chi connectivity index (χ2n) is 9.22. The summed E-state index contributed by atoms with van der Waals surface area (Å²) in [6.45, 7) is 4.76. The third-order valence-electron chi connectivity index (χ3n) is 6.71. The summed E-state index contributed by atoms with van der Waals surface area (Å²) in [4.78, 5) is 22.5. The molecule has 1 atom stereocenters. The second kappa shape index (κ2) is 9.34. The lowest BCUT2D eigenvalue weighted by molar-refractivity contribution is 0.0966. The lowest BCUT2D eigenvalue weighted by Crippen LogP contribution is -2.47. The van der Waals surface area contributed by atoms with Crippen LogP contribution in [0.5, 0.6) is 0 Å². The van der Waals surface area contributed by atoms with E-state index in [2.05, 4.69) is 68.6 Å². The van der Waals surface area contributed by atoms with Crippen molar-refractivity contribution in [2.75, 3.05) is 36.0 Å². The highest BCUT2D eigenvalue weighted by Gasteiger charge is 2.29. The van der Waals surface area contributed by atoms with Crippen molar-refractivity contribution in [1.29, 1.82) is 0 Å². The van der Waals surface area contributed by atoms with Crippen molar-refractivity contribution in [3.8, 4) is 11.1 Å². The molecule has 0 spiro atoms. The maximum atomic E-state index is 11.1. The Morgan fingerprint density at radius 2 is 1.62 bits per heavy atom. The number of hydrogen-bond acceptors (Lipinski definition) is 9. The van der Waals surface area contributed by atoms with E-state index in [0.717, 1.165) is 52.2 Å². The quantitative estimate of drug-likeness (QED) is 0.301. The van der Waals surface area contributed by atoms with Crippen molar-refractivity contribution in [1.82, 2.24) is 39.3 Å². The first-order valence-corrected chi connectivity index (χ1v) is 13.0. The molecule has 5 aromatic rings. The van der Waals surface area contributed by atoms with E-state index < -0.39 is 5.60 Å². The Hall–Kier alpha value is -3.65. The summed E-state index contributed by atoms with van der Waals surface area (Å²) in [5.74, 6) is 1.55. The Bertz CT molecular complexity index is 1540. The highest BCUT2D eigenvalue weighted by molar-refractivity contribution is 14.1. The van der Waals surface area contributed by atoms with E-state index in [1.54, 1.807) is 36.5 Å². The molecule has 1 aliphatic heterocycles. The van der Waals surface area contributed by atoms with Crippen LogP contribution < -0.4 is 9.80 Å². The SMILES string of the molecule is Cn1cc(-c2cc3c(N4CCN(c5ncc([C@](C)(O)c6ccc(I)cn6)cn5)CC4)ncnn3c2)cn1. The molecule has 1 fully saturated rings. The standard InChI is InChI=1S/C25H25IN10O/c1-25(37,22-4-3-20(26)13-27-22)19-11-28-24(29-12-19)35-7-5-34(6-8-35)23-21-9-17(15-36(21)32-16-30-23)18-10-31-33(2)14-18/h3-4,9-16,37H,5-8H2,1-2H3/t25-/m0/s1. The molecule has 0 aromatic carbocycles. The van der Waals surface area contributed by atoms with Crippen LogP contribution in [0, 0.1) is 3.57 Å². The number of nitrogens with zero attached hydrogens (tertiary/aromatic N) is 10. The fraction of sp³-hybridized carbons (Fsp3) is 0.280. The van der Waals surface area contributed by atoms with Gasteiger partial charge in [-0.05, 0) is 47.7 Å². The van der Waals surface area contributed by atoms with E-state index in [-0.39, 0.29) is 0 Å². The summed E-state index contributed by atoms with van der Waals surface area (Å²) in [6, 6.07) is 5.85. The normalized spacial score (nSPS) is 15.8. The van der Waals surface area contributed by atoms with E-state index in [1.807, 2.05) is 42.3 Å². The van der Waals surface area contributed by atoms with Crippen molar-refractivity contribution in [3.05, 3.63) is 76.5 Å². The van der Waals surface area contributed by atoms with E-state index in [1.165, 1.54) is 0 Å². The smallest absolute Gasteiger partial charge is 0.225 e. The van der Waals surface area contributed by atoms with Gasteiger partial charge in [-0.1, -0.05) is 0 Å². The van der Waals surface area contributed by atoms with Crippen LogP contribution in [0.4, 0.5) is 11.8 Å². The molecular formula is C25H25IN10O. The first-order valence-electron chi connectivity index (χ1n) is 11.9. The molecule has 1 N–H and O–H groups in total.